The topological polar surface area (TPSA) is 94.1 Å². The van der Waals surface area contributed by atoms with Crippen LogP contribution in [0.5, 0.6) is 0 Å². The van der Waals surface area contributed by atoms with Crippen LogP contribution < -0.4 is 4.89 Å². The molecule has 2 atom stereocenters. The highest BCUT2D eigenvalue weighted by atomic mass is 31.2. The first kappa shape index (κ1) is 63.9. The molecule has 8 nitrogen and oxygen atoms in total. The first-order valence-corrected chi connectivity index (χ1v) is 27.7. The van der Waals surface area contributed by atoms with E-state index in [2.05, 4.69) is 123 Å². The Kier molecular flexibility index (Phi) is 47.0. The molecule has 0 spiro atoms. The molecule has 0 rings (SSSR count). The van der Waals surface area contributed by atoms with Crippen LogP contribution in [0.4, 0.5) is 0 Å². The Hall–Kier alpha value is -3.10. The molecule has 0 saturated heterocycles. The third kappa shape index (κ3) is 53.7. The summed E-state index contributed by atoms with van der Waals surface area (Å²) in [5.74, 6) is -0.420. The van der Waals surface area contributed by atoms with Crippen LogP contribution in [0.25, 0.3) is 0 Å². The highest BCUT2D eigenvalue weighted by molar-refractivity contribution is 7.45. The van der Waals surface area contributed by atoms with Crippen LogP contribution in [0.1, 0.15) is 181 Å². The van der Waals surface area contributed by atoms with Crippen LogP contribution in [0.3, 0.4) is 0 Å². The van der Waals surface area contributed by atoms with Gasteiger partial charge in [-0.05, 0) is 89.9 Å². The zero-order valence-corrected chi connectivity index (χ0v) is 44.2. The molecule has 0 amide bonds. The lowest BCUT2D eigenvalue weighted by molar-refractivity contribution is -0.870. The van der Waals surface area contributed by atoms with E-state index in [1.807, 2.05) is 33.3 Å². The fourth-order valence-corrected chi connectivity index (χ4v) is 7.29. The third-order valence-corrected chi connectivity index (χ3v) is 11.5. The van der Waals surface area contributed by atoms with Gasteiger partial charge in [-0.2, -0.15) is 0 Å². The van der Waals surface area contributed by atoms with Crippen LogP contribution >= 0.6 is 7.82 Å². The van der Waals surface area contributed by atoms with E-state index in [1.165, 1.54) is 77.0 Å². The van der Waals surface area contributed by atoms with Crippen molar-refractivity contribution in [1.82, 2.24) is 0 Å². The number of carbonyl (C=O) groups excluding carboxylic acids is 1. The summed E-state index contributed by atoms with van der Waals surface area (Å²) < 4.78 is 34.7. The number of ether oxygens (including phenoxy) is 2. The molecule has 0 aliphatic heterocycles. The normalized spacial score (nSPS) is 14.5. The zero-order chi connectivity index (χ0) is 49.0. The maximum Gasteiger partial charge on any atom is 0.306 e. The number of hydrogen-bond donors (Lipinski definition) is 0. The van der Waals surface area contributed by atoms with Gasteiger partial charge in [0.1, 0.15) is 19.3 Å². The van der Waals surface area contributed by atoms with Crippen LogP contribution in [-0.2, 0) is 27.9 Å². The second-order valence-electron chi connectivity index (χ2n) is 18.1. The van der Waals surface area contributed by atoms with Crippen LogP contribution in [0, 0.1) is 0 Å². The molecule has 0 bridgehead atoms. The summed E-state index contributed by atoms with van der Waals surface area (Å²) in [5.41, 5.74) is 0. The number of nitrogens with zero attached hydrogens (tertiary/aromatic N) is 1. The number of unbranched alkanes of at least 4 members (excludes halogenated alkanes) is 13. The van der Waals surface area contributed by atoms with Gasteiger partial charge in [-0.1, -0.05) is 206 Å². The lowest BCUT2D eigenvalue weighted by Gasteiger charge is -2.28. The number of hydrogen-bond acceptors (Lipinski definition) is 7. The Morgan fingerprint density at radius 2 is 0.821 bits per heavy atom. The van der Waals surface area contributed by atoms with Crippen LogP contribution in [-0.4, -0.2) is 70.7 Å². The predicted molar refractivity (Wildman–Crippen MR) is 286 cm³/mol. The maximum absolute atomic E-state index is 12.7. The minimum absolute atomic E-state index is 0.00576. The quantitative estimate of drug-likeness (QED) is 0.0197. The van der Waals surface area contributed by atoms with E-state index in [0.717, 1.165) is 77.0 Å². The van der Waals surface area contributed by atoms with E-state index in [0.29, 0.717) is 24.1 Å². The van der Waals surface area contributed by atoms with E-state index in [1.54, 1.807) is 0 Å². The summed E-state index contributed by atoms with van der Waals surface area (Å²) >= 11 is 0. The van der Waals surface area contributed by atoms with Crippen molar-refractivity contribution in [1.29, 1.82) is 0 Å². The highest BCUT2D eigenvalue weighted by Crippen LogP contribution is 2.38. The molecule has 0 fully saturated rings. The van der Waals surface area contributed by atoms with Crippen molar-refractivity contribution in [3.63, 3.8) is 0 Å². The summed E-state index contributed by atoms with van der Waals surface area (Å²) in [4.78, 5) is 25.2. The van der Waals surface area contributed by atoms with Crippen LogP contribution in [0.2, 0.25) is 0 Å². The number of quaternary nitrogens is 1. The number of carbonyl (C=O) groups is 1. The summed E-state index contributed by atoms with van der Waals surface area (Å²) in [6.07, 6.45) is 71.1. The largest absolute Gasteiger partial charge is 0.756 e. The molecule has 0 aromatic heterocycles. The Morgan fingerprint density at radius 1 is 0.463 bits per heavy atom. The van der Waals surface area contributed by atoms with Crippen molar-refractivity contribution in [3.8, 4) is 0 Å². The number of allylic oxidation sites excluding steroid dienone is 20. The minimum Gasteiger partial charge on any atom is -0.756 e. The Morgan fingerprint density at radius 3 is 1.22 bits per heavy atom. The Balaban J connectivity index is 4.22. The minimum atomic E-state index is -4.56. The highest BCUT2D eigenvalue weighted by Gasteiger charge is 2.20. The van der Waals surface area contributed by atoms with Crippen LogP contribution in [0.15, 0.2) is 122 Å². The Labute approximate surface area is 412 Å². The van der Waals surface area contributed by atoms with Gasteiger partial charge in [0.05, 0.1) is 34.4 Å². The van der Waals surface area contributed by atoms with Crippen molar-refractivity contribution in [2.24, 2.45) is 0 Å². The second kappa shape index (κ2) is 49.3. The lowest BCUT2D eigenvalue weighted by atomic mass is 10.0. The van der Waals surface area contributed by atoms with Crippen molar-refractivity contribution < 1.29 is 37.3 Å². The van der Waals surface area contributed by atoms with Gasteiger partial charge < -0.3 is 27.9 Å². The van der Waals surface area contributed by atoms with Gasteiger partial charge in [-0.25, -0.2) is 0 Å². The molecule has 9 heteroatoms. The molecule has 0 saturated carbocycles. The molecule has 2 unspecified atom stereocenters. The van der Waals surface area contributed by atoms with Crippen molar-refractivity contribution in [2.75, 3.05) is 54.1 Å². The van der Waals surface area contributed by atoms with Gasteiger partial charge in [0.25, 0.3) is 7.82 Å². The zero-order valence-electron chi connectivity index (χ0n) is 43.3. The molecule has 0 aromatic carbocycles. The van der Waals surface area contributed by atoms with Crippen molar-refractivity contribution in [3.05, 3.63) is 122 Å². The van der Waals surface area contributed by atoms with E-state index >= 15 is 0 Å². The standard InChI is InChI=1S/C58H98NO7P/c1-6-8-10-12-14-16-18-20-22-24-26-27-28-29-30-31-32-34-36-38-40-42-44-46-48-50-53-63-55-57(56-65-67(61,62)64-54-52-59(3,4)5)66-58(60)51-49-47-45-43-41-39-37-35-33-25-23-21-19-17-15-13-11-9-7-2/h8-11,14-17,20-23,26-27,33,35,39,41,45,47,57H,6-7,12-13,18-19,24-25,28-32,34,36-38,40,42-44,46,48-56H2,1-5H3/b10-8-,11-9-,16-14-,17-15-,22-20-,23-21-,27-26-,35-33-,41-39-,47-45-. The fraction of sp³-hybridized carbons (Fsp3) is 0.638. The van der Waals surface area contributed by atoms with Gasteiger partial charge in [0.2, 0.25) is 0 Å². The Bertz CT molecular complexity index is 1480. The number of esters is 1. The van der Waals surface area contributed by atoms with E-state index < -0.39 is 19.9 Å². The smallest absolute Gasteiger partial charge is 0.306 e. The molecular weight excluding hydrogens is 854 g/mol. The van der Waals surface area contributed by atoms with Gasteiger partial charge in [0, 0.05) is 13.0 Å². The lowest BCUT2D eigenvalue weighted by Crippen LogP contribution is -2.37. The molecule has 0 aromatic rings. The number of phosphoric ester groups is 1. The van der Waals surface area contributed by atoms with Gasteiger partial charge in [-0.15, -0.1) is 0 Å². The summed E-state index contributed by atoms with van der Waals surface area (Å²) in [6, 6.07) is 0. The van der Waals surface area contributed by atoms with Gasteiger partial charge in [-0.3, -0.25) is 9.36 Å². The monoisotopic (exact) mass is 952 g/mol. The van der Waals surface area contributed by atoms with E-state index in [-0.39, 0.29) is 26.2 Å². The molecule has 0 aliphatic carbocycles. The average Bonchev–Trinajstić information content (AvgIpc) is 3.29. The molecule has 0 N–H and O–H groups in total. The van der Waals surface area contributed by atoms with E-state index in [4.69, 9.17) is 18.5 Å². The number of rotatable bonds is 47. The number of likely N-dealkylation sites (N-methyl/N-ethyl adjacent to an activating group) is 1. The summed E-state index contributed by atoms with van der Waals surface area (Å²) in [6.45, 7) is 5.06. The third-order valence-electron chi connectivity index (χ3n) is 10.5. The fourth-order valence-electron chi connectivity index (χ4n) is 6.56. The molecule has 0 aliphatic rings. The SMILES string of the molecule is CC/C=C\C/C=C\C/C=C\C/C=C\C/C=C\C/C=C\CCC(=O)OC(COCCCCCCCCCCCCCCC/C=C\C/C=C\C/C=C\C/C=C\CC)COP(=O)([O-])OCC[N+](C)(C)C. The first-order chi connectivity index (χ1) is 32.6. The second-order valence-corrected chi connectivity index (χ2v) is 19.5. The van der Waals surface area contributed by atoms with E-state index in [9.17, 15) is 14.3 Å². The van der Waals surface area contributed by atoms with Crippen molar-refractivity contribution >= 4 is 13.8 Å². The predicted octanol–water partition coefficient (Wildman–Crippen LogP) is 15.9. The van der Waals surface area contributed by atoms with Crippen molar-refractivity contribution in [2.45, 2.75) is 187 Å². The van der Waals surface area contributed by atoms with Gasteiger partial charge in [0.15, 0.2) is 0 Å². The maximum atomic E-state index is 12.7. The molecule has 382 valence electrons. The molecular formula is C58H98NO7P. The average molecular weight is 952 g/mol. The molecule has 0 radical (unpaired) electrons. The van der Waals surface area contributed by atoms with Gasteiger partial charge >= 0.3 is 5.97 Å². The molecule has 0 heterocycles. The summed E-state index contributed by atoms with van der Waals surface area (Å²) in [7, 11) is 1.29. The summed E-state index contributed by atoms with van der Waals surface area (Å²) in [5, 5.41) is 0. The number of phosphoric acid groups is 1. The first-order valence-electron chi connectivity index (χ1n) is 26.3. The molecule has 67 heavy (non-hydrogen) atoms.